The van der Waals surface area contributed by atoms with Crippen LogP contribution in [0.1, 0.15) is 130 Å². The normalized spacial score (nSPS) is 25.2. The zero-order chi connectivity index (χ0) is 25.3. The number of benzene rings is 1. The minimum Gasteiger partial charge on any atom is -0.300 e. The Kier molecular flexibility index (Phi) is 9.03. The third-order valence-corrected chi connectivity index (χ3v) is 10.6. The van der Waals surface area contributed by atoms with Crippen LogP contribution in [0.25, 0.3) is 0 Å². The van der Waals surface area contributed by atoms with Gasteiger partial charge in [-0.25, -0.2) is 0 Å². The van der Waals surface area contributed by atoms with Gasteiger partial charge in [-0.3, -0.25) is 0 Å². The van der Waals surface area contributed by atoms with Crippen molar-refractivity contribution in [2.45, 2.75) is 132 Å². The van der Waals surface area contributed by atoms with Crippen molar-refractivity contribution < 1.29 is 0 Å². The molecule has 0 aromatic heterocycles. The molecular formula is C33H57N. The highest BCUT2D eigenvalue weighted by Crippen LogP contribution is 2.54. The molecule has 0 saturated heterocycles. The molecule has 0 heterocycles. The summed E-state index contributed by atoms with van der Waals surface area (Å²) in [6, 6.07) is 7.64. The predicted molar refractivity (Wildman–Crippen MR) is 151 cm³/mol. The van der Waals surface area contributed by atoms with Crippen LogP contribution in [0, 0.1) is 36.0 Å². The maximum atomic E-state index is 2.90. The molecule has 0 amide bonds. The van der Waals surface area contributed by atoms with Gasteiger partial charge in [-0.2, -0.15) is 0 Å². The maximum Gasteiger partial charge on any atom is 0.00671 e. The third-order valence-electron chi connectivity index (χ3n) is 10.6. The number of fused-ring (bicyclic) bond motifs is 1. The van der Waals surface area contributed by atoms with Gasteiger partial charge in [-0.1, -0.05) is 86.4 Å². The van der Waals surface area contributed by atoms with E-state index in [2.05, 4.69) is 92.3 Å². The van der Waals surface area contributed by atoms with Crippen LogP contribution in [0.2, 0.25) is 0 Å². The van der Waals surface area contributed by atoms with Crippen LogP contribution >= 0.6 is 0 Å². The summed E-state index contributed by atoms with van der Waals surface area (Å²) in [5, 5.41) is 0. The van der Waals surface area contributed by atoms with Crippen molar-refractivity contribution >= 4 is 0 Å². The second-order valence-electron chi connectivity index (χ2n) is 13.7. The number of nitrogens with zero attached hydrogens (tertiary/aromatic N) is 1. The van der Waals surface area contributed by atoms with E-state index in [9.17, 15) is 0 Å². The third kappa shape index (κ3) is 5.93. The number of hydrogen-bond acceptors (Lipinski definition) is 1. The average Bonchev–Trinajstić information content (AvgIpc) is 3.61. The van der Waals surface area contributed by atoms with E-state index < -0.39 is 0 Å². The van der Waals surface area contributed by atoms with E-state index in [0.29, 0.717) is 22.8 Å². The van der Waals surface area contributed by atoms with Crippen molar-refractivity contribution in [1.29, 1.82) is 0 Å². The van der Waals surface area contributed by atoms with Gasteiger partial charge in [0.25, 0.3) is 0 Å². The molecule has 0 radical (unpaired) electrons. The van der Waals surface area contributed by atoms with E-state index in [1.807, 2.05) is 0 Å². The molecule has 1 aromatic rings. The molecule has 1 saturated carbocycles. The van der Waals surface area contributed by atoms with E-state index in [4.69, 9.17) is 0 Å². The van der Waals surface area contributed by atoms with Crippen LogP contribution in [0.5, 0.6) is 0 Å². The van der Waals surface area contributed by atoms with Crippen LogP contribution < -0.4 is 0 Å². The Morgan fingerprint density at radius 2 is 1.71 bits per heavy atom. The first kappa shape index (κ1) is 27.8. The zero-order valence-electron chi connectivity index (χ0n) is 24.5. The Morgan fingerprint density at radius 3 is 2.26 bits per heavy atom. The minimum atomic E-state index is 0.348. The molecule has 0 aliphatic heterocycles. The lowest BCUT2D eigenvalue weighted by molar-refractivity contribution is 0.0938. The fourth-order valence-electron chi connectivity index (χ4n) is 7.20. The first-order valence-electron chi connectivity index (χ1n) is 14.8. The number of rotatable bonds is 13. The topological polar surface area (TPSA) is 3.24 Å². The van der Waals surface area contributed by atoms with Gasteiger partial charge < -0.3 is 4.90 Å². The highest BCUT2D eigenvalue weighted by atomic mass is 15.2. The number of hydrogen-bond donors (Lipinski definition) is 0. The average molecular weight is 468 g/mol. The predicted octanol–water partition coefficient (Wildman–Crippen LogP) is 9.38. The zero-order valence-corrected chi connectivity index (χ0v) is 24.5. The molecule has 0 bridgehead atoms. The van der Waals surface area contributed by atoms with Crippen LogP contribution in [-0.2, 0) is 5.41 Å². The molecule has 2 aliphatic rings. The molecule has 2 aliphatic carbocycles. The lowest BCUT2D eigenvalue weighted by atomic mass is 9.55. The first-order valence-corrected chi connectivity index (χ1v) is 14.8. The maximum absolute atomic E-state index is 2.90. The lowest BCUT2D eigenvalue weighted by Crippen LogP contribution is -2.45. The Bertz CT molecular complexity index is 780. The molecule has 1 aromatic carbocycles. The molecule has 0 spiro atoms. The summed E-state index contributed by atoms with van der Waals surface area (Å²) < 4.78 is 0. The molecule has 1 nitrogen and oxygen atoms in total. The Morgan fingerprint density at radius 1 is 1.06 bits per heavy atom. The molecule has 34 heavy (non-hydrogen) atoms. The van der Waals surface area contributed by atoms with Gasteiger partial charge in [0, 0.05) is 18.0 Å². The summed E-state index contributed by atoms with van der Waals surface area (Å²) in [4.78, 5) is 2.90. The molecule has 5 atom stereocenters. The van der Waals surface area contributed by atoms with Crippen molar-refractivity contribution in [3.8, 4) is 0 Å². The SMILES string of the molecule is CCC(CC)C(CCC(C)N(CCC1(C)c2c(C)cccc2C1C)CC1CC1)[C@@H](C)C(C)(C)C. The van der Waals surface area contributed by atoms with Gasteiger partial charge in [-0.05, 0) is 104 Å². The molecule has 1 fully saturated rings. The van der Waals surface area contributed by atoms with Gasteiger partial charge in [0.2, 0.25) is 0 Å². The van der Waals surface area contributed by atoms with Gasteiger partial charge in [0.05, 0.1) is 0 Å². The molecule has 3 rings (SSSR count). The molecule has 194 valence electrons. The van der Waals surface area contributed by atoms with Crippen molar-refractivity contribution in [1.82, 2.24) is 4.90 Å². The molecular weight excluding hydrogens is 410 g/mol. The summed E-state index contributed by atoms with van der Waals surface area (Å²) in [5.41, 5.74) is 5.51. The van der Waals surface area contributed by atoms with Crippen molar-refractivity contribution in [2.75, 3.05) is 13.1 Å². The summed E-state index contributed by atoms with van der Waals surface area (Å²) in [7, 11) is 0. The molecule has 4 unspecified atom stereocenters. The van der Waals surface area contributed by atoms with E-state index in [1.54, 1.807) is 11.1 Å². The molecule has 0 N–H and O–H groups in total. The number of aryl methyl sites for hydroxylation is 1. The first-order chi connectivity index (χ1) is 15.9. The fraction of sp³-hybridized carbons (Fsp3) is 0.818. The summed E-state index contributed by atoms with van der Waals surface area (Å²) in [5.74, 6) is 4.14. The smallest absolute Gasteiger partial charge is 0.00671 e. The van der Waals surface area contributed by atoms with Gasteiger partial charge >= 0.3 is 0 Å². The van der Waals surface area contributed by atoms with Gasteiger partial charge in [-0.15, -0.1) is 0 Å². The van der Waals surface area contributed by atoms with Gasteiger partial charge in [0.1, 0.15) is 0 Å². The monoisotopic (exact) mass is 467 g/mol. The van der Waals surface area contributed by atoms with Crippen molar-refractivity contribution in [3.63, 3.8) is 0 Å². The highest BCUT2D eigenvalue weighted by molar-refractivity contribution is 5.53. The van der Waals surface area contributed by atoms with Crippen molar-refractivity contribution in [3.05, 3.63) is 34.9 Å². The van der Waals surface area contributed by atoms with E-state index >= 15 is 0 Å². The Hall–Kier alpha value is -0.820. The van der Waals surface area contributed by atoms with E-state index in [1.165, 1.54) is 63.6 Å². The minimum absolute atomic E-state index is 0.348. The Labute approximate surface area is 213 Å². The van der Waals surface area contributed by atoms with Crippen LogP contribution in [-0.4, -0.2) is 24.0 Å². The van der Waals surface area contributed by atoms with E-state index in [-0.39, 0.29) is 0 Å². The van der Waals surface area contributed by atoms with Crippen molar-refractivity contribution in [2.24, 2.45) is 29.1 Å². The van der Waals surface area contributed by atoms with Gasteiger partial charge in [0.15, 0.2) is 0 Å². The van der Waals surface area contributed by atoms with Crippen LogP contribution in [0.4, 0.5) is 0 Å². The summed E-state index contributed by atoms with van der Waals surface area (Å²) >= 11 is 0. The van der Waals surface area contributed by atoms with E-state index in [0.717, 1.165) is 23.7 Å². The molecule has 1 heteroatoms. The lowest BCUT2D eigenvalue weighted by Gasteiger charge is -2.50. The second-order valence-corrected chi connectivity index (χ2v) is 13.7. The quantitative estimate of drug-likeness (QED) is 0.279. The van der Waals surface area contributed by atoms with Crippen LogP contribution in [0.15, 0.2) is 18.2 Å². The highest BCUT2D eigenvalue weighted by Gasteiger charge is 2.46. The largest absolute Gasteiger partial charge is 0.300 e. The standard InChI is InChI=1S/C33H57N/c1-11-28(12-2)29(25(5)32(7,8)9)19-16-24(4)34(22-27-17-18-27)21-20-33(10)26(6)30-15-13-14-23(3)31(30)33/h13-15,24-29H,11-12,16-22H2,1-10H3/t24?,25-,26?,29?,33?/m1/s1. The second kappa shape index (κ2) is 11.1. The van der Waals surface area contributed by atoms with Crippen LogP contribution in [0.3, 0.4) is 0 Å². The fourth-order valence-corrected chi connectivity index (χ4v) is 7.20. The summed E-state index contributed by atoms with van der Waals surface area (Å²) in [6.45, 7) is 27.2. The summed E-state index contributed by atoms with van der Waals surface area (Å²) in [6.07, 6.45) is 9.62. The Balaban J connectivity index is 1.67.